The zero-order valence-corrected chi connectivity index (χ0v) is 17.2. The summed E-state index contributed by atoms with van der Waals surface area (Å²) in [6, 6.07) is 15.0. The number of amides is 1. The van der Waals surface area contributed by atoms with Crippen molar-refractivity contribution in [2.45, 2.75) is 37.6 Å². The van der Waals surface area contributed by atoms with E-state index in [-0.39, 0.29) is 5.91 Å². The largest absolute Gasteiger partial charge is 0.461 e. The van der Waals surface area contributed by atoms with Gasteiger partial charge in [-0.1, -0.05) is 24.3 Å². The van der Waals surface area contributed by atoms with Crippen molar-refractivity contribution in [3.8, 4) is 5.75 Å². The summed E-state index contributed by atoms with van der Waals surface area (Å²) in [7, 11) is 1.37. The van der Waals surface area contributed by atoms with E-state index >= 15 is 0 Å². The number of aliphatic hydroxyl groups is 3. The van der Waals surface area contributed by atoms with Gasteiger partial charge in [0.25, 0.3) is 0 Å². The second kappa shape index (κ2) is 8.78. The molecule has 1 saturated heterocycles. The van der Waals surface area contributed by atoms with E-state index in [1.807, 2.05) is 36.4 Å². The second-order valence-electron chi connectivity index (χ2n) is 7.56. The van der Waals surface area contributed by atoms with Gasteiger partial charge in [0.1, 0.15) is 30.2 Å². The van der Waals surface area contributed by atoms with Crippen molar-refractivity contribution in [1.29, 1.82) is 0 Å². The van der Waals surface area contributed by atoms with Gasteiger partial charge in [0.05, 0.1) is 6.61 Å². The Morgan fingerprint density at radius 2 is 1.74 bits per heavy atom. The van der Waals surface area contributed by atoms with Crippen LogP contribution in [0.1, 0.15) is 6.92 Å². The zero-order chi connectivity index (χ0) is 22.1. The Labute approximate surface area is 179 Å². The lowest BCUT2D eigenvalue weighted by Crippen LogP contribution is -2.60. The third kappa shape index (κ3) is 4.08. The summed E-state index contributed by atoms with van der Waals surface area (Å²) in [5, 5.41) is 36.7. The molecule has 5 atom stereocenters. The lowest BCUT2D eigenvalue weighted by atomic mass is 9.99. The summed E-state index contributed by atoms with van der Waals surface area (Å²) in [6.45, 7) is 1.07. The maximum atomic E-state index is 11.5. The molecule has 0 saturated carbocycles. The summed E-state index contributed by atoms with van der Waals surface area (Å²) in [5.74, 6) is 0.299. The van der Waals surface area contributed by atoms with E-state index in [0.717, 1.165) is 21.5 Å². The number of nitrogens with one attached hydrogen (secondary N) is 1. The van der Waals surface area contributed by atoms with Crippen LogP contribution in [0.2, 0.25) is 0 Å². The molecule has 3 aromatic rings. The lowest BCUT2D eigenvalue weighted by molar-refractivity contribution is -0.281. The molecule has 0 unspecified atom stereocenters. The first-order valence-corrected chi connectivity index (χ1v) is 9.98. The molecule has 164 valence electrons. The van der Waals surface area contributed by atoms with E-state index in [1.54, 1.807) is 12.1 Å². The highest BCUT2D eigenvalue weighted by Gasteiger charge is 2.45. The first-order valence-electron chi connectivity index (χ1n) is 9.98. The average Bonchev–Trinajstić information content (AvgIpc) is 2.75. The first kappa shape index (κ1) is 21.5. The second-order valence-corrected chi connectivity index (χ2v) is 7.56. The Bertz CT molecular complexity index is 1100. The fourth-order valence-corrected chi connectivity index (χ4v) is 3.99. The summed E-state index contributed by atoms with van der Waals surface area (Å²) < 4.78 is 16.8. The highest BCUT2D eigenvalue weighted by atomic mass is 16.7. The molecular weight excluding hydrogens is 402 g/mol. The van der Waals surface area contributed by atoms with E-state index in [0.29, 0.717) is 11.4 Å². The van der Waals surface area contributed by atoms with Crippen LogP contribution in [0.25, 0.3) is 21.5 Å². The van der Waals surface area contributed by atoms with Crippen LogP contribution in [0.15, 0.2) is 48.5 Å². The highest BCUT2D eigenvalue weighted by molar-refractivity contribution is 6.08. The van der Waals surface area contributed by atoms with Gasteiger partial charge in [0.15, 0.2) is 0 Å². The van der Waals surface area contributed by atoms with Crippen LogP contribution >= 0.6 is 0 Å². The number of rotatable bonds is 5. The predicted molar refractivity (Wildman–Crippen MR) is 115 cm³/mol. The smallest absolute Gasteiger partial charge is 0.229 e. The number of anilines is 1. The van der Waals surface area contributed by atoms with Crippen molar-refractivity contribution in [3.05, 3.63) is 48.5 Å². The minimum absolute atomic E-state index is 0.153. The maximum absolute atomic E-state index is 11.5. The van der Waals surface area contributed by atoms with Crippen LogP contribution in [0.4, 0.5) is 5.69 Å². The van der Waals surface area contributed by atoms with Gasteiger partial charge in [0.2, 0.25) is 12.2 Å². The van der Waals surface area contributed by atoms with Crippen molar-refractivity contribution >= 4 is 33.1 Å². The Hall–Kier alpha value is -2.75. The van der Waals surface area contributed by atoms with E-state index < -0.39 is 37.3 Å². The molecule has 3 aromatic carbocycles. The molecule has 0 aliphatic carbocycles. The first-order chi connectivity index (χ1) is 14.9. The fraction of sp³-hybridized carbons (Fsp3) is 0.348. The molecule has 0 radical (unpaired) electrons. The van der Waals surface area contributed by atoms with E-state index in [4.69, 9.17) is 14.2 Å². The molecule has 1 aliphatic rings. The van der Waals surface area contributed by atoms with Crippen molar-refractivity contribution < 1.29 is 34.3 Å². The fourth-order valence-electron chi connectivity index (χ4n) is 3.99. The molecule has 4 N–H and O–H groups in total. The highest BCUT2D eigenvalue weighted by Crippen LogP contribution is 2.35. The summed E-state index contributed by atoms with van der Waals surface area (Å²) in [6.07, 6.45) is -5.55. The minimum Gasteiger partial charge on any atom is -0.461 e. The molecule has 31 heavy (non-hydrogen) atoms. The van der Waals surface area contributed by atoms with Crippen LogP contribution in [-0.4, -0.2) is 65.6 Å². The van der Waals surface area contributed by atoms with Crippen LogP contribution in [0, 0.1) is 0 Å². The molecule has 4 rings (SSSR count). The Morgan fingerprint density at radius 3 is 2.42 bits per heavy atom. The number of methoxy groups -OCH3 is 1. The van der Waals surface area contributed by atoms with Gasteiger partial charge in [-0.3, -0.25) is 4.79 Å². The van der Waals surface area contributed by atoms with Gasteiger partial charge in [-0.05, 0) is 35.0 Å². The van der Waals surface area contributed by atoms with Crippen LogP contribution in [0.3, 0.4) is 0 Å². The molecule has 0 spiro atoms. The number of carbonyl (C=O) groups is 1. The lowest BCUT2D eigenvalue weighted by Gasteiger charge is -2.41. The number of aliphatic hydroxyl groups excluding tert-OH is 3. The number of carbonyl (C=O) groups excluding carboxylic acids is 1. The van der Waals surface area contributed by atoms with Gasteiger partial charge in [-0.2, -0.15) is 0 Å². The molecule has 1 fully saturated rings. The van der Waals surface area contributed by atoms with E-state index in [9.17, 15) is 20.1 Å². The normalized spacial score (nSPS) is 26.2. The molecule has 8 nitrogen and oxygen atoms in total. The SMILES string of the molecule is CO[C@H]1[C@H](O)[C@@H](O)[C@H](Oc2cccc3cc4c(NC(C)=O)cccc4cc23)O[C@@H]1CO. The van der Waals surface area contributed by atoms with Crippen LogP contribution in [-0.2, 0) is 14.3 Å². The van der Waals surface area contributed by atoms with Crippen molar-refractivity contribution in [3.63, 3.8) is 0 Å². The Balaban J connectivity index is 1.71. The molecule has 1 amide bonds. The summed E-state index contributed by atoms with van der Waals surface area (Å²) in [5.41, 5.74) is 0.712. The number of hydrogen-bond donors (Lipinski definition) is 4. The molecule has 0 aromatic heterocycles. The van der Waals surface area contributed by atoms with E-state index in [2.05, 4.69) is 5.32 Å². The van der Waals surface area contributed by atoms with Crippen molar-refractivity contribution in [1.82, 2.24) is 0 Å². The Morgan fingerprint density at radius 1 is 1.06 bits per heavy atom. The molecule has 1 heterocycles. The zero-order valence-electron chi connectivity index (χ0n) is 17.2. The van der Waals surface area contributed by atoms with Gasteiger partial charge in [-0.25, -0.2) is 0 Å². The number of hydrogen-bond acceptors (Lipinski definition) is 7. The monoisotopic (exact) mass is 427 g/mol. The topological polar surface area (TPSA) is 117 Å². The Kier molecular flexibility index (Phi) is 6.08. The summed E-state index contributed by atoms with van der Waals surface area (Å²) in [4.78, 5) is 11.5. The predicted octanol–water partition coefficient (Wildman–Crippen LogP) is 1.78. The van der Waals surface area contributed by atoms with Crippen molar-refractivity contribution in [2.24, 2.45) is 0 Å². The van der Waals surface area contributed by atoms with Crippen LogP contribution in [0.5, 0.6) is 5.75 Å². The standard InChI is InChI=1S/C23H25NO7/c1-12(26)24-17-7-3-5-13-10-16-14(9-15(13)17)6-4-8-18(16)30-23-21(28)20(27)22(29-2)19(11-25)31-23/h3-10,19-23,25,27-28H,11H2,1-2H3,(H,24,26)/t19-,20-,21-,22-,23-/m1/s1. The molecule has 1 aliphatic heterocycles. The van der Waals surface area contributed by atoms with Gasteiger partial charge in [-0.15, -0.1) is 0 Å². The third-order valence-corrected chi connectivity index (χ3v) is 5.49. The third-order valence-electron chi connectivity index (χ3n) is 5.49. The molecular formula is C23H25NO7. The van der Waals surface area contributed by atoms with Gasteiger partial charge >= 0.3 is 0 Å². The van der Waals surface area contributed by atoms with Gasteiger partial charge in [0, 0.05) is 30.5 Å². The average molecular weight is 427 g/mol. The number of fused-ring (bicyclic) bond motifs is 2. The van der Waals surface area contributed by atoms with E-state index in [1.165, 1.54) is 14.0 Å². The summed E-state index contributed by atoms with van der Waals surface area (Å²) >= 11 is 0. The number of benzene rings is 3. The number of ether oxygens (including phenoxy) is 3. The molecule has 0 bridgehead atoms. The van der Waals surface area contributed by atoms with Crippen LogP contribution < -0.4 is 10.1 Å². The van der Waals surface area contributed by atoms with Gasteiger partial charge < -0.3 is 34.8 Å². The minimum atomic E-state index is -1.37. The molecule has 8 heteroatoms. The quantitative estimate of drug-likeness (QED) is 0.459. The van der Waals surface area contributed by atoms with Crippen molar-refractivity contribution in [2.75, 3.05) is 19.0 Å². The maximum Gasteiger partial charge on any atom is 0.229 e.